The lowest BCUT2D eigenvalue weighted by Gasteiger charge is -2.15. The van der Waals surface area contributed by atoms with Crippen molar-refractivity contribution in [2.24, 2.45) is 5.92 Å². The van der Waals surface area contributed by atoms with Gasteiger partial charge in [0.15, 0.2) is 0 Å². The summed E-state index contributed by atoms with van der Waals surface area (Å²) in [5.41, 5.74) is 0.0178. The standard InChI is InChI=1S/C11H14BrN3O2/c12-5-3-8-4-6-15(7-8)11(17)9-1-2-10(16)14-13-9/h1-2,8H,3-7H2,(H,14,16). The number of likely N-dealkylation sites (tertiary alicyclic amines) is 1. The fourth-order valence-electron chi connectivity index (χ4n) is 2.03. The van der Waals surface area contributed by atoms with E-state index in [1.165, 1.54) is 12.1 Å². The van der Waals surface area contributed by atoms with E-state index < -0.39 is 0 Å². The molecule has 1 amide bonds. The van der Waals surface area contributed by atoms with Crippen LogP contribution in [0.3, 0.4) is 0 Å². The summed E-state index contributed by atoms with van der Waals surface area (Å²) in [7, 11) is 0. The van der Waals surface area contributed by atoms with Crippen molar-refractivity contribution in [3.05, 3.63) is 28.2 Å². The van der Waals surface area contributed by atoms with Gasteiger partial charge >= 0.3 is 0 Å². The molecule has 1 atom stereocenters. The molecule has 0 spiro atoms. The Morgan fingerprint density at radius 3 is 3.06 bits per heavy atom. The molecule has 2 rings (SSSR count). The number of rotatable bonds is 3. The molecule has 2 heterocycles. The number of amides is 1. The van der Waals surface area contributed by atoms with E-state index in [9.17, 15) is 9.59 Å². The number of aromatic amines is 1. The van der Waals surface area contributed by atoms with Crippen LogP contribution in [0.5, 0.6) is 0 Å². The molecule has 1 aliphatic heterocycles. The summed E-state index contributed by atoms with van der Waals surface area (Å²) < 4.78 is 0. The number of H-pyrrole nitrogens is 1. The van der Waals surface area contributed by atoms with Crippen LogP contribution >= 0.6 is 15.9 Å². The molecular formula is C11H14BrN3O2. The first-order valence-electron chi connectivity index (χ1n) is 5.61. The minimum absolute atomic E-state index is 0.0988. The van der Waals surface area contributed by atoms with Gasteiger partial charge in [-0.05, 0) is 24.8 Å². The van der Waals surface area contributed by atoms with Crippen LogP contribution in [0.25, 0.3) is 0 Å². The van der Waals surface area contributed by atoms with Crippen LogP contribution in [-0.4, -0.2) is 39.4 Å². The van der Waals surface area contributed by atoms with Gasteiger partial charge in [-0.2, -0.15) is 5.10 Å². The van der Waals surface area contributed by atoms with Crippen LogP contribution in [0.4, 0.5) is 0 Å². The summed E-state index contributed by atoms with van der Waals surface area (Å²) in [4.78, 5) is 24.7. The van der Waals surface area contributed by atoms with E-state index in [4.69, 9.17) is 0 Å². The second-order valence-electron chi connectivity index (χ2n) is 4.19. The van der Waals surface area contributed by atoms with E-state index in [1.807, 2.05) is 0 Å². The zero-order chi connectivity index (χ0) is 12.3. The number of carbonyl (C=O) groups excluding carboxylic acids is 1. The third-order valence-corrected chi connectivity index (χ3v) is 3.45. The van der Waals surface area contributed by atoms with Gasteiger partial charge in [0.25, 0.3) is 11.5 Å². The van der Waals surface area contributed by atoms with Gasteiger partial charge in [0.05, 0.1) is 0 Å². The molecule has 92 valence electrons. The highest BCUT2D eigenvalue weighted by atomic mass is 79.9. The van der Waals surface area contributed by atoms with Crippen LogP contribution in [-0.2, 0) is 0 Å². The van der Waals surface area contributed by atoms with Crippen LogP contribution in [0.1, 0.15) is 23.3 Å². The maximum Gasteiger partial charge on any atom is 0.274 e. The van der Waals surface area contributed by atoms with Crippen LogP contribution in [0.2, 0.25) is 0 Å². The molecule has 17 heavy (non-hydrogen) atoms. The molecule has 0 aliphatic carbocycles. The number of halogens is 1. The van der Waals surface area contributed by atoms with Crippen molar-refractivity contribution in [1.82, 2.24) is 15.1 Å². The normalized spacial score (nSPS) is 19.6. The van der Waals surface area contributed by atoms with E-state index in [0.29, 0.717) is 11.6 Å². The van der Waals surface area contributed by atoms with Crippen molar-refractivity contribution in [3.63, 3.8) is 0 Å². The lowest BCUT2D eigenvalue weighted by atomic mass is 10.1. The van der Waals surface area contributed by atoms with E-state index in [1.54, 1.807) is 4.90 Å². The summed E-state index contributed by atoms with van der Waals surface area (Å²) in [5, 5.41) is 7.00. The van der Waals surface area contributed by atoms with E-state index in [2.05, 4.69) is 26.1 Å². The maximum atomic E-state index is 12.0. The quantitative estimate of drug-likeness (QED) is 0.848. The first-order valence-corrected chi connectivity index (χ1v) is 6.74. The molecule has 0 radical (unpaired) electrons. The molecule has 1 unspecified atom stereocenters. The van der Waals surface area contributed by atoms with Crippen LogP contribution in [0, 0.1) is 5.92 Å². The zero-order valence-corrected chi connectivity index (χ0v) is 10.9. The van der Waals surface area contributed by atoms with Crippen molar-refractivity contribution in [3.8, 4) is 0 Å². The molecular weight excluding hydrogens is 286 g/mol. The van der Waals surface area contributed by atoms with Crippen LogP contribution < -0.4 is 5.56 Å². The van der Waals surface area contributed by atoms with Gasteiger partial charge in [0.1, 0.15) is 5.69 Å². The van der Waals surface area contributed by atoms with Crippen LogP contribution in [0.15, 0.2) is 16.9 Å². The van der Waals surface area contributed by atoms with Crippen molar-refractivity contribution in [1.29, 1.82) is 0 Å². The highest BCUT2D eigenvalue weighted by Crippen LogP contribution is 2.21. The topological polar surface area (TPSA) is 66.1 Å². The summed E-state index contributed by atoms with van der Waals surface area (Å²) in [6.07, 6.45) is 2.13. The first-order chi connectivity index (χ1) is 8.20. The van der Waals surface area contributed by atoms with Crippen molar-refractivity contribution < 1.29 is 4.79 Å². The minimum atomic E-state index is -0.292. The van der Waals surface area contributed by atoms with Gasteiger partial charge in [-0.3, -0.25) is 9.59 Å². The van der Waals surface area contributed by atoms with Crippen molar-refractivity contribution in [2.45, 2.75) is 12.8 Å². The van der Waals surface area contributed by atoms with Gasteiger partial charge in [-0.15, -0.1) is 0 Å². The zero-order valence-electron chi connectivity index (χ0n) is 9.36. The number of hydrogen-bond donors (Lipinski definition) is 1. The molecule has 0 bridgehead atoms. The highest BCUT2D eigenvalue weighted by Gasteiger charge is 2.27. The Kier molecular flexibility index (Phi) is 3.93. The molecule has 1 N–H and O–H groups in total. The Balaban J connectivity index is 2.02. The fraction of sp³-hybridized carbons (Fsp3) is 0.545. The Morgan fingerprint density at radius 1 is 1.59 bits per heavy atom. The third kappa shape index (κ3) is 2.94. The SMILES string of the molecule is O=C(c1ccc(=O)[nH]n1)N1CCC(CCBr)C1. The largest absolute Gasteiger partial charge is 0.337 e. The predicted octanol–water partition coefficient (Wildman–Crippen LogP) is 1.02. The molecule has 0 saturated carbocycles. The smallest absolute Gasteiger partial charge is 0.274 e. The van der Waals surface area contributed by atoms with Gasteiger partial charge < -0.3 is 4.90 Å². The number of alkyl halides is 1. The van der Waals surface area contributed by atoms with Gasteiger partial charge in [0, 0.05) is 24.5 Å². The van der Waals surface area contributed by atoms with E-state index in [0.717, 1.165) is 31.3 Å². The van der Waals surface area contributed by atoms with E-state index >= 15 is 0 Å². The van der Waals surface area contributed by atoms with E-state index in [-0.39, 0.29) is 11.5 Å². The van der Waals surface area contributed by atoms with Gasteiger partial charge in [-0.1, -0.05) is 15.9 Å². The van der Waals surface area contributed by atoms with Crippen molar-refractivity contribution in [2.75, 3.05) is 18.4 Å². The summed E-state index contributed by atoms with van der Waals surface area (Å²) in [5.74, 6) is 0.472. The lowest BCUT2D eigenvalue weighted by Crippen LogP contribution is -2.30. The summed E-state index contributed by atoms with van der Waals surface area (Å²) >= 11 is 3.41. The second kappa shape index (κ2) is 5.44. The summed E-state index contributed by atoms with van der Waals surface area (Å²) in [6, 6.07) is 2.80. The Bertz CT molecular complexity index is 440. The second-order valence-corrected chi connectivity index (χ2v) is 4.98. The number of aromatic nitrogens is 2. The fourth-order valence-corrected chi connectivity index (χ4v) is 2.68. The molecule has 0 aromatic carbocycles. The average Bonchev–Trinajstić information content (AvgIpc) is 2.78. The number of hydrogen-bond acceptors (Lipinski definition) is 3. The molecule has 1 aromatic heterocycles. The third-order valence-electron chi connectivity index (χ3n) is 2.99. The average molecular weight is 300 g/mol. The maximum absolute atomic E-state index is 12.0. The number of nitrogens with zero attached hydrogens (tertiary/aromatic N) is 2. The molecule has 1 aliphatic rings. The van der Waals surface area contributed by atoms with Gasteiger partial charge in [-0.25, -0.2) is 5.10 Å². The number of nitrogens with one attached hydrogen (secondary N) is 1. The molecule has 1 saturated heterocycles. The first kappa shape index (κ1) is 12.3. The Morgan fingerprint density at radius 2 is 2.41 bits per heavy atom. The molecule has 1 aromatic rings. The molecule has 5 nitrogen and oxygen atoms in total. The minimum Gasteiger partial charge on any atom is -0.337 e. The van der Waals surface area contributed by atoms with Crippen molar-refractivity contribution >= 4 is 21.8 Å². The molecule has 1 fully saturated rings. The summed E-state index contributed by atoms with van der Waals surface area (Å²) in [6.45, 7) is 1.56. The predicted molar refractivity (Wildman–Crippen MR) is 67.3 cm³/mol. The lowest BCUT2D eigenvalue weighted by molar-refractivity contribution is 0.0780. The Labute approximate surface area is 107 Å². The molecule has 6 heteroatoms. The monoisotopic (exact) mass is 299 g/mol. The Hall–Kier alpha value is -1.17. The number of carbonyl (C=O) groups is 1. The highest BCUT2D eigenvalue weighted by molar-refractivity contribution is 9.09. The van der Waals surface area contributed by atoms with Gasteiger partial charge in [0.2, 0.25) is 0 Å².